The van der Waals surface area contributed by atoms with Crippen LogP contribution in [0.4, 0.5) is 19.0 Å². The van der Waals surface area contributed by atoms with Gasteiger partial charge in [0.15, 0.2) is 5.84 Å². The standard InChI is InChI=1S/C10H13F3N4O/c1-6-3-4-15-9(7(6)8(14)16-18)17(2)5-10(11,12)13/h3-4,18H,5H2,1-2H3,(H2,14,16). The Morgan fingerprint density at radius 3 is 2.67 bits per heavy atom. The molecule has 0 saturated heterocycles. The van der Waals surface area contributed by atoms with Gasteiger partial charge in [0.05, 0.1) is 5.56 Å². The van der Waals surface area contributed by atoms with E-state index in [1.807, 2.05) is 0 Å². The molecule has 1 aromatic rings. The maximum atomic E-state index is 12.3. The van der Waals surface area contributed by atoms with Crippen molar-refractivity contribution in [3.63, 3.8) is 0 Å². The van der Waals surface area contributed by atoms with E-state index in [1.165, 1.54) is 13.2 Å². The maximum absolute atomic E-state index is 12.3. The van der Waals surface area contributed by atoms with Gasteiger partial charge in [-0.25, -0.2) is 4.98 Å². The zero-order chi connectivity index (χ0) is 13.9. The highest BCUT2D eigenvalue weighted by Gasteiger charge is 2.31. The molecule has 0 fully saturated rings. The van der Waals surface area contributed by atoms with Crippen LogP contribution in [0.15, 0.2) is 17.4 Å². The minimum Gasteiger partial charge on any atom is -0.409 e. The predicted octanol–water partition coefficient (Wildman–Crippen LogP) is 1.48. The molecule has 0 bridgehead atoms. The van der Waals surface area contributed by atoms with E-state index < -0.39 is 12.7 Å². The fourth-order valence-electron chi connectivity index (χ4n) is 1.54. The molecule has 0 amide bonds. The van der Waals surface area contributed by atoms with Crippen molar-refractivity contribution in [2.45, 2.75) is 13.1 Å². The van der Waals surface area contributed by atoms with Crippen molar-refractivity contribution in [3.8, 4) is 0 Å². The molecule has 0 unspecified atom stereocenters. The molecule has 0 spiro atoms. The number of halogens is 3. The molecule has 5 nitrogen and oxygen atoms in total. The van der Waals surface area contributed by atoms with Crippen LogP contribution in [0.3, 0.4) is 0 Å². The molecule has 0 radical (unpaired) electrons. The summed E-state index contributed by atoms with van der Waals surface area (Å²) < 4.78 is 37.0. The molecular formula is C10H13F3N4O. The molecule has 0 saturated carbocycles. The molecule has 8 heteroatoms. The number of nitrogens with zero attached hydrogens (tertiary/aromatic N) is 3. The topological polar surface area (TPSA) is 74.7 Å². The Balaban J connectivity index is 3.20. The second kappa shape index (κ2) is 5.11. The van der Waals surface area contributed by atoms with E-state index in [2.05, 4.69) is 10.1 Å². The fraction of sp³-hybridized carbons (Fsp3) is 0.400. The zero-order valence-electron chi connectivity index (χ0n) is 9.86. The number of rotatable bonds is 3. The Labute approximate surface area is 102 Å². The number of hydrogen-bond acceptors (Lipinski definition) is 4. The van der Waals surface area contributed by atoms with E-state index in [0.29, 0.717) is 5.56 Å². The molecule has 1 aromatic heterocycles. The second-order valence-corrected chi connectivity index (χ2v) is 3.78. The van der Waals surface area contributed by atoms with Crippen molar-refractivity contribution in [2.75, 3.05) is 18.5 Å². The summed E-state index contributed by atoms with van der Waals surface area (Å²) in [6.07, 6.45) is -2.99. The largest absolute Gasteiger partial charge is 0.409 e. The smallest absolute Gasteiger partial charge is 0.405 e. The zero-order valence-corrected chi connectivity index (χ0v) is 9.86. The van der Waals surface area contributed by atoms with Crippen LogP contribution in [0, 0.1) is 6.92 Å². The molecule has 18 heavy (non-hydrogen) atoms. The summed E-state index contributed by atoms with van der Waals surface area (Å²) in [6, 6.07) is 1.57. The highest BCUT2D eigenvalue weighted by atomic mass is 19.4. The summed E-state index contributed by atoms with van der Waals surface area (Å²) in [7, 11) is 1.24. The third kappa shape index (κ3) is 3.25. The van der Waals surface area contributed by atoms with Crippen molar-refractivity contribution in [2.24, 2.45) is 10.9 Å². The molecule has 0 aromatic carbocycles. The van der Waals surface area contributed by atoms with Crippen LogP contribution < -0.4 is 10.6 Å². The van der Waals surface area contributed by atoms with Gasteiger partial charge in [-0.15, -0.1) is 0 Å². The molecule has 100 valence electrons. The molecule has 0 aliphatic heterocycles. The first-order valence-corrected chi connectivity index (χ1v) is 4.97. The van der Waals surface area contributed by atoms with E-state index >= 15 is 0 Å². The van der Waals surface area contributed by atoms with Crippen molar-refractivity contribution in [3.05, 3.63) is 23.4 Å². The Bertz CT molecular complexity index is 459. The lowest BCUT2D eigenvalue weighted by Gasteiger charge is -2.22. The van der Waals surface area contributed by atoms with Crippen LogP contribution in [0.5, 0.6) is 0 Å². The molecular weight excluding hydrogens is 249 g/mol. The SMILES string of the molecule is Cc1ccnc(N(C)CC(F)(F)F)c1/C(N)=N/O. The Hall–Kier alpha value is -1.99. The van der Waals surface area contributed by atoms with E-state index in [0.717, 1.165) is 4.90 Å². The van der Waals surface area contributed by atoms with Gasteiger partial charge in [0.25, 0.3) is 0 Å². The second-order valence-electron chi connectivity index (χ2n) is 3.78. The van der Waals surface area contributed by atoms with Crippen molar-refractivity contribution in [1.82, 2.24) is 4.98 Å². The van der Waals surface area contributed by atoms with Crippen LogP contribution in [0.2, 0.25) is 0 Å². The summed E-state index contributed by atoms with van der Waals surface area (Å²) >= 11 is 0. The fourth-order valence-corrected chi connectivity index (χ4v) is 1.54. The van der Waals surface area contributed by atoms with Crippen LogP contribution in [0.1, 0.15) is 11.1 Å². The number of aromatic nitrogens is 1. The van der Waals surface area contributed by atoms with E-state index in [-0.39, 0.29) is 17.2 Å². The first kappa shape index (κ1) is 14.1. The summed E-state index contributed by atoms with van der Waals surface area (Å²) in [4.78, 5) is 4.75. The first-order valence-electron chi connectivity index (χ1n) is 4.97. The van der Waals surface area contributed by atoms with Crippen LogP contribution >= 0.6 is 0 Å². The predicted molar refractivity (Wildman–Crippen MR) is 60.8 cm³/mol. The minimum absolute atomic E-state index is 0.0163. The Morgan fingerprint density at radius 1 is 1.56 bits per heavy atom. The Morgan fingerprint density at radius 2 is 2.17 bits per heavy atom. The van der Waals surface area contributed by atoms with Gasteiger partial charge in [-0.2, -0.15) is 13.2 Å². The summed E-state index contributed by atoms with van der Waals surface area (Å²) in [5.74, 6) is -0.257. The summed E-state index contributed by atoms with van der Waals surface area (Å²) in [5.41, 5.74) is 6.21. The van der Waals surface area contributed by atoms with Gasteiger partial charge in [-0.05, 0) is 18.6 Å². The van der Waals surface area contributed by atoms with Crippen LogP contribution in [0.25, 0.3) is 0 Å². The Kier molecular flexibility index (Phi) is 4.00. The average molecular weight is 262 g/mol. The minimum atomic E-state index is -4.36. The van der Waals surface area contributed by atoms with Gasteiger partial charge in [-0.3, -0.25) is 0 Å². The number of nitrogens with two attached hydrogens (primary N) is 1. The van der Waals surface area contributed by atoms with Crippen LogP contribution in [-0.2, 0) is 0 Å². The molecule has 1 heterocycles. The van der Waals surface area contributed by atoms with Gasteiger partial charge >= 0.3 is 6.18 Å². The van der Waals surface area contributed by atoms with Gasteiger partial charge in [0, 0.05) is 13.2 Å². The summed E-state index contributed by atoms with van der Waals surface area (Å²) in [5, 5.41) is 11.5. The van der Waals surface area contributed by atoms with E-state index in [4.69, 9.17) is 10.9 Å². The normalized spacial score (nSPS) is 12.6. The number of aryl methyl sites for hydroxylation is 1. The van der Waals surface area contributed by atoms with Gasteiger partial charge in [0.2, 0.25) is 0 Å². The molecule has 0 atom stereocenters. The monoisotopic (exact) mass is 262 g/mol. The van der Waals surface area contributed by atoms with Gasteiger partial charge in [-0.1, -0.05) is 5.16 Å². The lowest BCUT2D eigenvalue weighted by molar-refractivity contribution is -0.119. The van der Waals surface area contributed by atoms with Crippen molar-refractivity contribution >= 4 is 11.7 Å². The van der Waals surface area contributed by atoms with Crippen molar-refractivity contribution < 1.29 is 18.4 Å². The molecule has 0 aliphatic carbocycles. The lowest BCUT2D eigenvalue weighted by Crippen LogP contribution is -2.33. The first-order chi connectivity index (χ1) is 8.26. The number of pyridine rings is 1. The number of alkyl halides is 3. The van der Waals surface area contributed by atoms with Crippen LogP contribution in [-0.4, -0.2) is 35.8 Å². The maximum Gasteiger partial charge on any atom is 0.405 e. The highest BCUT2D eigenvalue weighted by molar-refractivity contribution is 6.02. The van der Waals surface area contributed by atoms with Crippen molar-refractivity contribution in [1.29, 1.82) is 0 Å². The molecule has 0 aliphatic rings. The van der Waals surface area contributed by atoms with Gasteiger partial charge in [0.1, 0.15) is 12.4 Å². The van der Waals surface area contributed by atoms with E-state index in [1.54, 1.807) is 13.0 Å². The van der Waals surface area contributed by atoms with Gasteiger partial charge < -0.3 is 15.8 Å². The number of oxime groups is 1. The summed E-state index contributed by atoms with van der Waals surface area (Å²) in [6.45, 7) is 0.467. The van der Waals surface area contributed by atoms with E-state index in [9.17, 15) is 13.2 Å². The lowest BCUT2D eigenvalue weighted by atomic mass is 10.1. The molecule has 3 N–H and O–H groups in total. The number of amidine groups is 1. The quantitative estimate of drug-likeness (QED) is 0.374. The molecule has 1 rings (SSSR count). The third-order valence-electron chi connectivity index (χ3n) is 2.28. The average Bonchev–Trinajstić information content (AvgIpc) is 2.25. The highest BCUT2D eigenvalue weighted by Crippen LogP contribution is 2.23. The number of anilines is 1. The number of hydrogen-bond donors (Lipinski definition) is 2. The third-order valence-corrected chi connectivity index (χ3v) is 2.28.